The van der Waals surface area contributed by atoms with Gasteiger partial charge in [0.2, 0.25) is 0 Å². The second-order valence-electron chi connectivity index (χ2n) is 5.01. The molecule has 1 aromatic carbocycles. The molecule has 94 valence electrons. The number of halogens is 3. The zero-order chi connectivity index (χ0) is 12.8. The van der Waals surface area contributed by atoms with E-state index in [1.807, 2.05) is 13.8 Å². The van der Waals surface area contributed by atoms with Crippen LogP contribution in [0.5, 0.6) is 0 Å². The molecule has 0 radical (unpaired) electrons. The van der Waals surface area contributed by atoms with Crippen molar-refractivity contribution in [3.8, 4) is 0 Å². The van der Waals surface area contributed by atoms with Gasteiger partial charge in [0, 0.05) is 22.0 Å². The molecule has 1 saturated carbocycles. The molecule has 0 aromatic heterocycles. The molecule has 2 atom stereocenters. The summed E-state index contributed by atoms with van der Waals surface area (Å²) in [6, 6.07) is 2.04. The highest BCUT2D eigenvalue weighted by atomic mass is 79.9. The first-order valence-electron chi connectivity index (χ1n) is 5.41. The van der Waals surface area contributed by atoms with Gasteiger partial charge in [0.05, 0.1) is 11.8 Å². The molecule has 0 spiro atoms. The maximum absolute atomic E-state index is 13.6. The van der Waals surface area contributed by atoms with E-state index in [4.69, 9.17) is 0 Å². The highest BCUT2D eigenvalue weighted by Crippen LogP contribution is 2.43. The Kier molecular flexibility index (Phi) is 3.16. The van der Waals surface area contributed by atoms with Gasteiger partial charge >= 0.3 is 0 Å². The molecular weight excluding hydrogens is 292 g/mol. The van der Waals surface area contributed by atoms with E-state index < -0.39 is 11.6 Å². The van der Waals surface area contributed by atoms with E-state index in [9.17, 15) is 13.9 Å². The minimum atomic E-state index is -0.630. The molecule has 1 aliphatic rings. The zero-order valence-electron chi connectivity index (χ0n) is 9.60. The van der Waals surface area contributed by atoms with Crippen LogP contribution in [0.2, 0.25) is 0 Å². The molecule has 2 unspecified atom stereocenters. The first kappa shape index (κ1) is 12.8. The number of aliphatic hydroxyl groups excluding tert-OH is 1. The fourth-order valence-corrected chi connectivity index (χ4v) is 2.52. The summed E-state index contributed by atoms with van der Waals surface area (Å²) in [5.41, 5.74) is -0.0586. The molecule has 2 nitrogen and oxygen atoms in total. The minimum Gasteiger partial charge on any atom is -0.392 e. The van der Waals surface area contributed by atoms with Crippen LogP contribution in [0, 0.1) is 17.0 Å². The van der Waals surface area contributed by atoms with Crippen molar-refractivity contribution in [2.24, 2.45) is 5.41 Å². The van der Waals surface area contributed by atoms with E-state index in [-0.39, 0.29) is 23.2 Å². The fourth-order valence-electron chi connectivity index (χ4n) is 2.00. The molecule has 0 aliphatic heterocycles. The largest absolute Gasteiger partial charge is 0.392 e. The average molecular weight is 306 g/mol. The lowest BCUT2D eigenvalue weighted by Gasteiger charge is -2.50. The Bertz CT molecular complexity index is 427. The van der Waals surface area contributed by atoms with Gasteiger partial charge in [0.25, 0.3) is 0 Å². The van der Waals surface area contributed by atoms with Crippen LogP contribution in [0.3, 0.4) is 0 Å². The molecule has 0 saturated heterocycles. The second kappa shape index (κ2) is 4.21. The number of nitrogens with one attached hydrogen (secondary N) is 1. The highest BCUT2D eigenvalue weighted by molar-refractivity contribution is 9.10. The molecule has 0 amide bonds. The van der Waals surface area contributed by atoms with Crippen molar-refractivity contribution < 1.29 is 13.9 Å². The van der Waals surface area contributed by atoms with Gasteiger partial charge in [-0.25, -0.2) is 8.78 Å². The first-order valence-corrected chi connectivity index (χ1v) is 6.21. The fraction of sp³-hybridized carbons (Fsp3) is 0.500. The van der Waals surface area contributed by atoms with Gasteiger partial charge in [-0.15, -0.1) is 0 Å². The van der Waals surface area contributed by atoms with Crippen LogP contribution in [0.4, 0.5) is 14.5 Å². The van der Waals surface area contributed by atoms with Crippen LogP contribution < -0.4 is 5.32 Å². The quantitative estimate of drug-likeness (QED) is 0.879. The predicted octanol–water partition coefficient (Wildman–Crippen LogP) is 3.30. The predicted molar refractivity (Wildman–Crippen MR) is 65.9 cm³/mol. The van der Waals surface area contributed by atoms with E-state index in [2.05, 4.69) is 21.2 Å². The Morgan fingerprint density at radius 2 is 2.06 bits per heavy atom. The summed E-state index contributed by atoms with van der Waals surface area (Å²) < 4.78 is 26.9. The Morgan fingerprint density at radius 1 is 1.41 bits per heavy atom. The van der Waals surface area contributed by atoms with Crippen molar-refractivity contribution >= 4 is 21.6 Å². The Labute approximate surface area is 107 Å². The summed E-state index contributed by atoms with van der Waals surface area (Å²) in [4.78, 5) is 0. The molecule has 0 heterocycles. The summed E-state index contributed by atoms with van der Waals surface area (Å²) in [5, 5.41) is 12.6. The maximum atomic E-state index is 13.6. The molecule has 0 bridgehead atoms. The lowest BCUT2D eigenvalue weighted by atomic mass is 9.64. The Morgan fingerprint density at radius 3 is 2.53 bits per heavy atom. The van der Waals surface area contributed by atoms with E-state index in [1.54, 1.807) is 0 Å². The van der Waals surface area contributed by atoms with Crippen molar-refractivity contribution in [1.82, 2.24) is 0 Å². The van der Waals surface area contributed by atoms with Crippen LogP contribution in [0.1, 0.15) is 20.3 Å². The molecule has 1 aromatic rings. The normalized spacial score (nSPS) is 26.5. The standard InChI is InChI=1S/C12H14BrF2NO/c1-12(2)9(5-10(12)17)16-11-7(13)3-6(14)4-8(11)15/h3-4,9-10,16-17H,5H2,1-2H3. The molecule has 2 N–H and O–H groups in total. The molecule has 2 rings (SSSR count). The summed E-state index contributed by atoms with van der Waals surface area (Å²) in [6.45, 7) is 3.82. The van der Waals surface area contributed by atoms with Gasteiger partial charge in [-0.2, -0.15) is 0 Å². The first-order chi connectivity index (χ1) is 7.82. The van der Waals surface area contributed by atoms with Crippen molar-refractivity contribution in [3.63, 3.8) is 0 Å². The van der Waals surface area contributed by atoms with Gasteiger partial charge in [0.1, 0.15) is 11.6 Å². The monoisotopic (exact) mass is 305 g/mol. The molecular formula is C12H14BrF2NO. The topological polar surface area (TPSA) is 32.3 Å². The average Bonchev–Trinajstić information content (AvgIpc) is 2.21. The van der Waals surface area contributed by atoms with Gasteiger partial charge in [-0.1, -0.05) is 13.8 Å². The number of hydrogen-bond acceptors (Lipinski definition) is 2. The van der Waals surface area contributed by atoms with Crippen LogP contribution in [0.15, 0.2) is 16.6 Å². The molecule has 5 heteroatoms. The number of benzene rings is 1. The third kappa shape index (κ3) is 2.18. The van der Waals surface area contributed by atoms with Crippen LogP contribution in [-0.4, -0.2) is 17.3 Å². The number of hydrogen-bond donors (Lipinski definition) is 2. The van der Waals surface area contributed by atoms with Crippen molar-refractivity contribution in [2.45, 2.75) is 32.4 Å². The van der Waals surface area contributed by atoms with Crippen molar-refractivity contribution in [1.29, 1.82) is 0 Å². The van der Waals surface area contributed by atoms with E-state index in [0.29, 0.717) is 10.9 Å². The van der Waals surface area contributed by atoms with Gasteiger partial charge in [-0.3, -0.25) is 0 Å². The summed E-state index contributed by atoms with van der Waals surface area (Å²) in [5.74, 6) is -1.25. The number of anilines is 1. The zero-order valence-corrected chi connectivity index (χ0v) is 11.2. The van der Waals surface area contributed by atoms with Crippen LogP contribution >= 0.6 is 15.9 Å². The van der Waals surface area contributed by atoms with E-state index >= 15 is 0 Å². The third-order valence-electron chi connectivity index (χ3n) is 3.54. The minimum absolute atomic E-state index is 0.0197. The lowest BCUT2D eigenvalue weighted by molar-refractivity contribution is -0.0511. The highest BCUT2D eigenvalue weighted by Gasteiger charge is 2.47. The second-order valence-corrected chi connectivity index (χ2v) is 5.87. The third-order valence-corrected chi connectivity index (χ3v) is 4.17. The van der Waals surface area contributed by atoms with Gasteiger partial charge in [0.15, 0.2) is 0 Å². The number of aliphatic hydroxyl groups is 1. The number of rotatable bonds is 2. The lowest BCUT2D eigenvalue weighted by Crippen LogP contribution is -2.57. The van der Waals surface area contributed by atoms with Crippen LogP contribution in [0.25, 0.3) is 0 Å². The molecule has 17 heavy (non-hydrogen) atoms. The Hall–Kier alpha value is -0.680. The van der Waals surface area contributed by atoms with E-state index in [0.717, 1.165) is 6.07 Å². The molecule has 1 aliphatic carbocycles. The Balaban J connectivity index is 2.21. The van der Waals surface area contributed by atoms with Gasteiger partial charge < -0.3 is 10.4 Å². The smallest absolute Gasteiger partial charge is 0.150 e. The summed E-state index contributed by atoms with van der Waals surface area (Å²) in [6.07, 6.45) is 0.179. The van der Waals surface area contributed by atoms with Crippen molar-refractivity contribution in [2.75, 3.05) is 5.32 Å². The SMILES string of the molecule is CC1(C)C(O)CC1Nc1c(F)cc(F)cc1Br. The van der Waals surface area contributed by atoms with Crippen molar-refractivity contribution in [3.05, 3.63) is 28.2 Å². The van der Waals surface area contributed by atoms with Crippen LogP contribution in [-0.2, 0) is 0 Å². The molecule has 1 fully saturated rings. The van der Waals surface area contributed by atoms with Gasteiger partial charge in [-0.05, 0) is 28.4 Å². The maximum Gasteiger partial charge on any atom is 0.150 e. The summed E-state index contributed by atoms with van der Waals surface area (Å²) >= 11 is 3.13. The summed E-state index contributed by atoms with van der Waals surface area (Å²) in [7, 11) is 0. The van der Waals surface area contributed by atoms with E-state index in [1.165, 1.54) is 6.07 Å².